The molecule has 0 aliphatic carbocycles. The number of amides is 3. The summed E-state index contributed by atoms with van der Waals surface area (Å²) in [4.78, 5) is 42.5. The zero-order valence-electron chi connectivity index (χ0n) is 18.9. The Morgan fingerprint density at radius 1 is 1.14 bits per heavy atom. The molecule has 1 aliphatic rings. The number of nitrogens with zero attached hydrogens (tertiary/aromatic N) is 2. The van der Waals surface area contributed by atoms with Crippen molar-refractivity contribution < 1.29 is 28.2 Å². The second-order valence-electron chi connectivity index (χ2n) is 7.50. The van der Waals surface area contributed by atoms with Crippen molar-refractivity contribution in [2.45, 2.75) is 6.61 Å². The van der Waals surface area contributed by atoms with Crippen LogP contribution in [0.4, 0.5) is 14.9 Å². The van der Waals surface area contributed by atoms with Crippen molar-refractivity contribution in [2.75, 3.05) is 19.0 Å². The molecule has 11 heteroatoms. The van der Waals surface area contributed by atoms with Crippen LogP contribution in [0.15, 0.2) is 65.8 Å². The Balaban J connectivity index is 1.42. The van der Waals surface area contributed by atoms with E-state index in [0.717, 1.165) is 28.3 Å². The minimum Gasteiger partial charge on any atom is -0.493 e. The van der Waals surface area contributed by atoms with E-state index in [1.54, 1.807) is 30.6 Å². The maximum Gasteiger partial charge on any atom is 0.294 e. The second kappa shape index (κ2) is 11.2. The largest absolute Gasteiger partial charge is 0.493 e. The van der Waals surface area contributed by atoms with E-state index in [2.05, 4.69) is 10.3 Å². The number of thioether (sulfide) groups is 1. The number of carbonyl (C=O) groups excluding carboxylic acids is 3. The van der Waals surface area contributed by atoms with Gasteiger partial charge in [0.2, 0.25) is 5.91 Å². The summed E-state index contributed by atoms with van der Waals surface area (Å²) in [5.74, 6) is -0.893. The summed E-state index contributed by atoms with van der Waals surface area (Å²) < 4.78 is 24.5. The molecule has 0 radical (unpaired) electrons. The third kappa shape index (κ3) is 6.02. The summed E-state index contributed by atoms with van der Waals surface area (Å²) >= 11 is 6.44. The summed E-state index contributed by atoms with van der Waals surface area (Å²) in [6.07, 6.45) is 4.89. The van der Waals surface area contributed by atoms with Crippen LogP contribution in [0.2, 0.25) is 5.02 Å². The molecule has 0 bridgehead atoms. The van der Waals surface area contributed by atoms with Crippen LogP contribution < -0.4 is 14.8 Å². The Morgan fingerprint density at radius 2 is 1.92 bits per heavy atom. The van der Waals surface area contributed by atoms with Gasteiger partial charge in [0.1, 0.15) is 19.0 Å². The van der Waals surface area contributed by atoms with E-state index in [1.165, 1.54) is 25.3 Å². The van der Waals surface area contributed by atoms with Crippen LogP contribution in [0.25, 0.3) is 6.08 Å². The number of methoxy groups -OCH3 is 1. The molecule has 0 spiro atoms. The van der Waals surface area contributed by atoms with Crippen molar-refractivity contribution >= 4 is 52.2 Å². The number of halogens is 2. The third-order valence-corrected chi connectivity index (χ3v) is 6.20. The van der Waals surface area contributed by atoms with Crippen LogP contribution in [0.5, 0.6) is 11.5 Å². The molecule has 0 saturated carbocycles. The second-order valence-corrected chi connectivity index (χ2v) is 8.90. The molecule has 1 fully saturated rings. The van der Waals surface area contributed by atoms with Crippen LogP contribution >= 0.6 is 23.4 Å². The number of imide groups is 1. The van der Waals surface area contributed by atoms with Gasteiger partial charge in [0.05, 0.1) is 17.0 Å². The van der Waals surface area contributed by atoms with Gasteiger partial charge in [-0.1, -0.05) is 17.7 Å². The van der Waals surface area contributed by atoms with Gasteiger partial charge in [0.25, 0.3) is 11.1 Å². The van der Waals surface area contributed by atoms with Crippen LogP contribution in [0.1, 0.15) is 11.1 Å². The third-order valence-electron chi connectivity index (χ3n) is 5.01. The topological polar surface area (TPSA) is 97.8 Å². The number of hydrogen-bond donors (Lipinski definition) is 1. The fourth-order valence-electron chi connectivity index (χ4n) is 3.24. The monoisotopic (exact) mass is 527 g/mol. The average Bonchev–Trinajstić information content (AvgIpc) is 3.13. The summed E-state index contributed by atoms with van der Waals surface area (Å²) in [6.45, 7) is -0.175. The van der Waals surface area contributed by atoms with E-state index in [0.29, 0.717) is 23.7 Å². The van der Waals surface area contributed by atoms with Gasteiger partial charge in [0, 0.05) is 18.1 Å². The molecule has 2 heterocycles. The van der Waals surface area contributed by atoms with Crippen LogP contribution in [-0.4, -0.2) is 40.6 Å². The van der Waals surface area contributed by atoms with E-state index in [9.17, 15) is 18.8 Å². The van der Waals surface area contributed by atoms with E-state index < -0.39 is 29.4 Å². The molecule has 1 N–H and O–H groups in total. The minimum absolute atomic E-state index is 0.158. The number of hydrogen-bond acceptors (Lipinski definition) is 7. The van der Waals surface area contributed by atoms with Crippen molar-refractivity contribution in [1.29, 1.82) is 0 Å². The van der Waals surface area contributed by atoms with Crippen LogP contribution in [0.3, 0.4) is 0 Å². The molecule has 4 rings (SSSR count). The van der Waals surface area contributed by atoms with Crippen molar-refractivity contribution in [3.8, 4) is 11.5 Å². The van der Waals surface area contributed by atoms with Gasteiger partial charge in [-0.15, -0.1) is 0 Å². The molecule has 2 aromatic carbocycles. The highest BCUT2D eigenvalue weighted by Gasteiger charge is 2.36. The van der Waals surface area contributed by atoms with Crippen LogP contribution in [0, 0.1) is 5.82 Å². The zero-order chi connectivity index (χ0) is 25.7. The molecule has 0 atom stereocenters. The van der Waals surface area contributed by atoms with Gasteiger partial charge >= 0.3 is 0 Å². The Hall–Kier alpha value is -3.89. The molecule has 1 saturated heterocycles. The van der Waals surface area contributed by atoms with E-state index >= 15 is 0 Å². The maximum absolute atomic E-state index is 13.3. The van der Waals surface area contributed by atoms with Crippen molar-refractivity contribution in [3.63, 3.8) is 0 Å². The molecule has 8 nitrogen and oxygen atoms in total. The first kappa shape index (κ1) is 25.2. The Labute approximate surface area is 215 Å². The first-order valence-corrected chi connectivity index (χ1v) is 11.7. The van der Waals surface area contributed by atoms with Gasteiger partial charge in [-0.25, -0.2) is 4.39 Å². The molecule has 1 aromatic heterocycles. The van der Waals surface area contributed by atoms with Crippen LogP contribution in [-0.2, 0) is 16.2 Å². The SMILES string of the molecule is COc1cc(/C=C2/SC(=O)N(CC(=O)Nc3ccc(F)c(Cl)c3)C2=O)ccc1OCc1ccncc1. The molecular weight excluding hydrogens is 509 g/mol. The highest BCUT2D eigenvalue weighted by Crippen LogP contribution is 2.34. The molecular formula is C25H19ClFN3O5S. The van der Waals surface area contributed by atoms with Gasteiger partial charge in [-0.2, -0.15) is 0 Å². The number of ether oxygens (including phenoxy) is 2. The quantitative estimate of drug-likeness (QED) is 0.405. The number of pyridine rings is 1. The highest BCUT2D eigenvalue weighted by molar-refractivity contribution is 8.18. The van der Waals surface area contributed by atoms with E-state index in [4.69, 9.17) is 21.1 Å². The van der Waals surface area contributed by atoms with Crippen molar-refractivity contribution in [2.24, 2.45) is 0 Å². The molecule has 184 valence electrons. The van der Waals surface area contributed by atoms with Gasteiger partial charge in [0.15, 0.2) is 11.5 Å². The maximum atomic E-state index is 13.3. The number of carbonyl (C=O) groups is 3. The zero-order valence-corrected chi connectivity index (χ0v) is 20.4. The first-order chi connectivity index (χ1) is 17.3. The lowest BCUT2D eigenvalue weighted by molar-refractivity contribution is -0.127. The van der Waals surface area contributed by atoms with E-state index in [1.807, 2.05) is 12.1 Å². The lowest BCUT2D eigenvalue weighted by Gasteiger charge is -2.13. The Bertz CT molecular complexity index is 1350. The smallest absolute Gasteiger partial charge is 0.294 e. The predicted molar refractivity (Wildman–Crippen MR) is 134 cm³/mol. The van der Waals surface area contributed by atoms with Gasteiger partial charge in [-0.3, -0.25) is 24.3 Å². The van der Waals surface area contributed by atoms with Crippen molar-refractivity contribution in [3.05, 3.63) is 87.8 Å². The van der Waals surface area contributed by atoms with E-state index in [-0.39, 0.29) is 15.6 Å². The minimum atomic E-state index is -0.629. The normalized spacial score (nSPS) is 14.3. The molecule has 1 aliphatic heterocycles. The number of benzene rings is 2. The number of aromatic nitrogens is 1. The highest BCUT2D eigenvalue weighted by atomic mass is 35.5. The van der Waals surface area contributed by atoms with Gasteiger partial charge < -0.3 is 14.8 Å². The molecule has 3 amide bonds. The number of anilines is 1. The fourth-order valence-corrected chi connectivity index (χ4v) is 4.26. The fraction of sp³-hybridized carbons (Fsp3) is 0.120. The summed E-state index contributed by atoms with van der Waals surface area (Å²) in [6, 6.07) is 12.5. The predicted octanol–water partition coefficient (Wildman–Crippen LogP) is 5.14. The Morgan fingerprint density at radius 3 is 2.64 bits per heavy atom. The molecule has 36 heavy (non-hydrogen) atoms. The average molecular weight is 528 g/mol. The Kier molecular flexibility index (Phi) is 7.87. The lowest BCUT2D eigenvalue weighted by atomic mass is 10.2. The van der Waals surface area contributed by atoms with Gasteiger partial charge in [-0.05, 0) is 71.4 Å². The standard InChI is InChI=1S/C25H19ClFN3O5S/c1-34-21-10-16(2-5-20(21)35-14-15-6-8-28-9-7-15)11-22-24(32)30(25(33)36-22)13-23(31)29-17-3-4-19(27)18(26)12-17/h2-12H,13-14H2,1H3,(H,29,31)/b22-11+. The molecule has 0 unspecified atom stereocenters. The summed E-state index contributed by atoms with van der Waals surface area (Å²) in [5, 5.41) is 1.75. The summed E-state index contributed by atoms with van der Waals surface area (Å²) in [7, 11) is 1.50. The number of rotatable bonds is 8. The first-order valence-electron chi connectivity index (χ1n) is 10.5. The number of nitrogens with one attached hydrogen (secondary N) is 1. The lowest BCUT2D eigenvalue weighted by Crippen LogP contribution is -2.36. The summed E-state index contributed by atoms with van der Waals surface area (Å²) in [5.41, 5.74) is 1.79. The molecule has 3 aromatic rings. The van der Waals surface area contributed by atoms with Crippen molar-refractivity contribution in [1.82, 2.24) is 9.88 Å².